The van der Waals surface area contributed by atoms with Gasteiger partial charge in [-0.05, 0) is 43.3 Å². The van der Waals surface area contributed by atoms with Gasteiger partial charge >= 0.3 is 0 Å². The van der Waals surface area contributed by atoms with E-state index in [0.717, 1.165) is 16.9 Å². The summed E-state index contributed by atoms with van der Waals surface area (Å²) in [5.41, 5.74) is 3.61. The van der Waals surface area contributed by atoms with Crippen molar-refractivity contribution >= 4 is 51.0 Å². The van der Waals surface area contributed by atoms with Crippen molar-refractivity contribution in [3.8, 4) is 11.3 Å². The zero-order valence-electron chi connectivity index (χ0n) is 16.8. The highest BCUT2D eigenvalue weighted by atomic mass is 35.5. The largest absolute Gasteiger partial charge is 0.331 e. The number of nitro benzene ring substituents is 1. The molecule has 0 spiro atoms. The van der Waals surface area contributed by atoms with Gasteiger partial charge in [-0.2, -0.15) is 0 Å². The smallest absolute Gasteiger partial charge is 0.273 e. The quantitative estimate of drug-likeness (QED) is 0.245. The zero-order chi connectivity index (χ0) is 22.7. The van der Waals surface area contributed by atoms with E-state index in [4.69, 9.17) is 11.6 Å². The van der Waals surface area contributed by atoms with Crippen LogP contribution in [0.1, 0.15) is 15.9 Å². The second-order valence-corrected chi connectivity index (χ2v) is 8.26. The van der Waals surface area contributed by atoms with E-state index < -0.39 is 10.8 Å². The summed E-state index contributed by atoms with van der Waals surface area (Å²) in [6, 6.07) is 19.0. The van der Waals surface area contributed by atoms with Gasteiger partial charge < -0.3 is 10.6 Å². The van der Waals surface area contributed by atoms with Crippen molar-refractivity contribution in [3.63, 3.8) is 0 Å². The van der Waals surface area contributed by atoms with Crippen molar-refractivity contribution in [1.29, 1.82) is 0 Å². The highest BCUT2D eigenvalue weighted by Crippen LogP contribution is 2.29. The number of nitrogens with one attached hydrogen (secondary N) is 2. The number of hydrogen-bond donors (Lipinski definition) is 2. The number of anilines is 3. The van der Waals surface area contributed by atoms with Crippen LogP contribution in [0.5, 0.6) is 0 Å². The first-order valence-corrected chi connectivity index (χ1v) is 10.8. The van der Waals surface area contributed by atoms with Crippen molar-refractivity contribution in [2.75, 3.05) is 10.6 Å². The monoisotopic (exact) mass is 464 g/mol. The number of nitro groups is 1. The Labute approximate surface area is 192 Å². The minimum Gasteiger partial charge on any atom is -0.331 e. The van der Waals surface area contributed by atoms with Crippen LogP contribution in [0.2, 0.25) is 5.02 Å². The number of hydrogen-bond acceptors (Lipinski definition) is 6. The molecule has 0 radical (unpaired) electrons. The molecule has 7 nitrogen and oxygen atoms in total. The van der Waals surface area contributed by atoms with E-state index in [2.05, 4.69) is 15.6 Å². The molecular formula is C23H17ClN4O3S. The number of amides is 1. The maximum atomic E-state index is 12.6. The fraction of sp³-hybridized carbons (Fsp3) is 0.0435. The Morgan fingerprint density at radius 3 is 2.62 bits per heavy atom. The third-order valence-electron chi connectivity index (χ3n) is 4.66. The molecule has 32 heavy (non-hydrogen) atoms. The lowest BCUT2D eigenvalue weighted by Gasteiger charge is -2.07. The molecule has 4 rings (SSSR count). The summed E-state index contributed by atoms with van der Waals surface area (Å²) in [6.07, 6.45) is 0. The molecule has 1 heterocycles. The van der Waals surface area contributed by atoms with Crippen LogP contribution in [0.3, 0.4) is 0 Å². The number of carbonyl (C=O) groups is 1. The van der Waals surface area contributed by atoms with Gasteiger partial charge in [0.05, 0.1) is 10.6 Å². The molecule has 0 fully saturated rings. The van der Waals surface area contributed by atoms with Gasteiger partial charge in [0, 0.05) is 44.5 Å². The summed E-state index contributed by atoms with van der Waals surface area (Å²) >= 11 is 7.47. The predicted octanol–water partition coefficient (Wildman–Crippen LogP) is 6.68. The van der Waals surface area contributed by atoms with Crippen LogP contribution in [0.15, 0.2) is 72.1 Å². The fourth-order valence-electron chi connectivity index (χ4n) is 3.06. The van der Waals surface area contributed by atoms with Gasteiger partial charge in [-0.25, -0.2) is 4.98 Å². The number of rotatable bonds is 6. The van der Waals surface area contributed by atoms with Crippen LogP contribution in [-0.4, -0.2) is 15.8 Å². The van der Waals surface area contributed by atoms with E-state index in [9.17, 15) is 14.9 Å². The van der Waals surface area contributed by atoms with Crippen molar-refractivity contribution in [2.45, 2.75) is 6.92 Å². The van der Waals surface area contributed by atoms with Gasteiger partial charge in [-0.3, -0.25) is 14.9 Å². The fourth-order valence-corrected chi connectivity index (χ4v) is 3.99. The third-order valence-corrected chi connectivity index (χ3v) is 5.66. The normalized spacial score (nSPS) is 10.6. The summed E-state index contributed by atoms with van der Waals surface area (Å²) in [5.74, 6) is -0.424. The van der Waals surface area contributed by atoms with Crippen molar-refractivity contribution in [1.82, 2.24) is 4.98 Å². The van der Waals surface area contributed by atoms with Crippen molar-refractivity contribution in [2.24, 2.45) is 0 Å². The molecule has 0 unspecified atom stereocenters. The molecule has 0 saturated heterocycles. The SMILES string of the molecule is Cc1ccc(C(=O)Nc2cccc(-c3csc(Nc4cccc(Cl)c4)n3)c2)cc1[N+](=O)[O-]. The van der Waals surface area contributed by atoms with Crippen LogP contribution >= 0.6 is 22.9 Å². The number of thiazole rings is 1. The number of halogens is 1. The highest BCUT2D eigenvalue weighted by Gasteiger charge is 2.15. The molecule has 4 aromatic rings. The Hall–Kier alpha value is -3.75. The Morgan fingerprint density at radius 2 is 1.84 bits per heavy atom. The molecule has 2 N–H and O–H groups in total. The first kappa shape index (κ1) is 21.5. The van der Waals surface area contributed by atoms with Crippen LogP contribution in [0, 0.1) is 17.0 Å². The molecule has 0 atom stereocenters. The maximum Gasteiger partial charge on any atom is 0.273 e. The van der Waals surface area contributed by atoms with Gasteiger partial charge in [0.25, 0.3) is 11.6 Å². The van der Waals surface area contributed by atoms with Gasteiger partial charge in [0.1, 0.15) is 0 Å². The Kier molecular flexibility index (Phi) is 6.16. The second-order valence-electron chi connectivity index (χ2n) is 6.97. The summed E-state index contributed by atoms with van der Waals surface area (Å²) in [5, 5.41) is 20.4. The van der Waals surface area contributed by atoms with Crippen LogP contribution in [-0.2, 0) is 0 Å². The Bertz CT molecular complexity index is 1320. The van der Waals surface area contributed by atoms with E-state index in [0.29, 0.717) is 21.4 Å². The first-order chi connectivity index (χ1) is 15.4. The Balaban J connectivity index is 1.51. The standard InChI is InChI=1S/C23H17ClN4O3S/c1-14-8-9-16(11-21(14)28(30)31)22(29)25-18-6-2-4-15(10-18)20-13-32-23(27-20)26-19-7-3-5-17(24)12-19/h2-13H,1H3,(H,25,29)(H,26,27). The average Bonchev–Trinajstić information content (AvgIpc) is 3.22. The molecule has 0 bridgehead atoms. The molecule has 0 aliphatic heterocycles. The Morgan fingerprint density at radius 1 is 1.06 bits per heavy atom. The lowest BCUT2D eigenvalue weighted by molar-refractivity contribution is -0.385. The van der Waals surface area contributed by atoms with Crippen LogP contribution in [0.4, 0.5) is 22.2 Å². The molecule has 160 valence electrons. The molecule has 1 aromatic heterocycles. The molecular weight excluding hydrogens is 448 g/mol. The van der Waals surface area contributed by atoms with E-state index in [-0.39, 0.29) is 11.3 Å². The van der Waals surface area contributed by atoms with Crippen molar-refractivity contribution in [3.05, 3.63) is 98.4 Å². The first-order valence-electron chi connectivity index (χ1n) is 9.54. The zero-order valence-corrected chi connectivity index (χ0v) is 18.4. The van der Waals surface area contributed by atoms with Crippen LogP contribution < -0.4 is 10.6 Å². The summed E-state index contributed by atoms with van der Waals surface area (Å²) < 4.78 is 0. The van der Waals surface area contributed by atoms with Crippen LogP contribution in [0.25, 0.3) is 11.3 Å². The van der Waals surface area contributed by atoms with Gasteiger partial charge in [-0.15, -0.1) is 11.3 Å². The molecule has 3 aromatic carbocycles. The minimum absolute atomic E-state index is 0.0893. The number of aryl methyl sites for hydroxylation is 1. The molecule has 1 amide bonds. The lowest BCUT2D eigenvalue weighted by Crippen LogP contribution is -2.12. The van der Waals surface area contributed by atoms with E-state index in [1.54, 1.807) is 37.3 Å². The molecule has 0 aliphatic rings. The van der Waals surface area contributed by atoms with Gasteiger partial charge in [-0.1, -0.05) is 35.9 Å². The third kappa shape index (κ3) is 4.93. The summed E-state index contributed by atoms with van der Waals surface area (Å²) in [4.78, 5) is 27.9. The highest BCUT2D eigenvalue weighted by molar-refractivity contribution is 7.14. The van der Waals surface area contributed by atoms with Crippen molar-refractivity contribution < 1.29 is 9.72 Å². The molecule has 0 saturated carbocycles. The topological polar surface area (TPSA) is 97.2 Å². The average molecular weight is 465 g/mol. The number of carbonyl (C=O) groups excluding carboxylic acids is 1. The van der Waals surface area contributed by atoms with Gasteiger partial charge in [0.2, 0.25) is 0 Å². The minimum atomic E-state index is -0.496. The van der Waals surface area contributed by atoms with E-state index in [1.165, 1.54) is 17.4 Å². The lowest BCUT2D eigenvalue weighted by atomic mass is 10.1. The second kappa shape index (κ2) is 9.17. The number of nitrogens with zero attached hydrogens (tertiary/aromatic N) is 2. The summed E-state index contributed by atoms with van der Waals surface area (Å²) in [7, 11) is 0. The molecule has 0 aliphatic carbocycles. The van der Waals surface area contributed by atoms with Gasteiger partial charge in [0.15, 0.2) is 5.13 Å². The predicted molar refractivity (Wildman–Crippen MR) is 128 cm³/mol. The number of benzene rings is 3. The van der Waals surface area contributed by atoms with E-state index in [1.807, 2.05) is 35.7 Å². The number of aromatic nitrogens is 1. The maximum absolute atomic E-state index is 12.6. The summed E-state index contributed by atoms with van der Waals surface area (Å²) in [6.45, 7) is 1.63. The van der Waals surface area contributed by atoms with E-state index >= 15 is 0 Å². The molecule has 9 heteroatoms.